The molecule has 1 saturated carbocycles. The number of nitrogens with zero attached hydrogens (tertiary/aromatic N) is 3. The first kappa shape index (κ1) is 13.7. The lowest BCUT2D eigenvalue weighted by Crippen LogP contribution is -2.40. The Hall–Kier alpha value is -2.24. The molecule has 2 aromatic rings. The molecule has 3 rings (SSSR count). The standard InChI is InChI=1S/C15H17N3O3/c1-18(11-3-5-12(19)6-4-11)15(20)9-10-2-7-13-14(8-10)17-21-16-13/h2,7-8,11H,3-6,9H2,1H3. The molecular formula is C15H17N3O3. The van der Waals surface area contributed by atoms with Crippen LogP contribution in [0.2, 0.25) is 0 Å². The van der Waals surface area contributed by atoms with Crippen LogP contribution in [0.5, 0.6) is 0 Å². The van der Waals surface area contributed by atoms with Crippen molar-refractivity contribution in [1.82, 2.24) is 15.2 Å². The lowest BCUT2D eigenvalue weighted by Gasteiger charge is -2.30. The van der Waals surface area contributed by atoms with E-state index in [1.165, 1.54) is 0 Å². The molecule has 1 aliphatic rings. The first-order valence-electron chi connectivity index (χ1n) is 7.12. The maximum Gasteiger partial charge on any atom is 0.226 e. The molecule has 1 aromatic heterocycles. The summed E-state index contributed by atoms with van der Waals surface area (Å²) in [5.74, 6) is 0.362. The summed E-state index contributed by atoms with van der Waals surface area (Å²) in [4.78, 5) is 25.4. The number of carbonyl (C=O) groups excluding carboxylic acids is 2. The summed E-state index contributed by atoms with van der Waals surface area (Å²) in [6, 6.07) is 5.66. The van der Waals surface area contributed by atoms with Gasteiger partial charge in [0, 0.05) is 25.9 Å². The summed E-state index contributed by atoms with van der Waals surface area (Å²) in [5.41, 5.74) is 2.23. The number of hydrogen-bond acceptors (Lipinski definition) is 5. The number of aromatic nitrogens is 2. The normalized spacial score (nSPS) is 16.3. The predicted molar refractivity (Wildman–Crippen MR) is 75.5 cm³/mol. The van der Waals surface area contributed by atoms with E-state index < -0.39 is 0 Å². The van der Waals surface area contributed by atoms with Crippen LogP contribution in [0.1, 0.15) is 31.2 Å². The highest BCUT2D eigenvalue weighted by molar-refractivity contribution is 5.82. The molecule has 1 amide bonds. The minimum atomic E-state index is 0.0603. The van der Waals surface area contributed by atoms with Crippen LogP contribution >= 0.6 is 0 Å². The van der Waals surface area contributed by atoms with E-state index in [4.69, 9.17) is 0 Å². The zero-order valence-electron chi connectivity index (χ0n) is 11.9. The molecule has 6 heteroatoms. The molecule has 0 radical (unpaired) electrons. The van der Waals surface area contributed by atoms with Crippen LogP contribution in [-0.4, -0.2) is 40.0 Å². The number of benzene rings is 1. The number of likely N-dealkylation sites (N-methyl/N-ethyl adjacent to an activating group) is 1. The van der Waals surface area contributed by atoms with Gasteiger partial charge in [-0.25, -0.2) is 4.63 Å². The van der Waals surface area contributed by atoms with Crippen molar-refractivity contribution in [2.45, 2.75) is 38.1 Å². The molecule has 0 saturated heterocycles. The average molecular weight is 287 g/mol. The molecule has 6 nitrogen and oxygen atoms in total. The highest BCUT2D eigenvalue weighted by Gasteiger charge is 2.25. The van der Waals surface area contributed by atoms with E-state index in [0.29, 0.717) is 36.1 Å². The molecule has 1 fully saturated rings. The van der Waals surface area contributed by atoms with Gasteiger partial charge in [0.05, 0.1) is 6.42 Å². The minimum Gasteiger partial charge on any atom is -0.342 e. The number of fused-ring (bicyclic) bond motifs is 1. The number of amides is 1. The van der Waals surface area contributed by atoms with Gasteiger partial charge in [-0.1, -0.05) is 6.07 Å². The van der Waals surface area contributed by atoms with Crippen molar-refractivity contribution < 1.29 is 14.2 Å². The summed E-state index contributed by atoms with van der Waals surface area (Å²) in [5, 5.41) is 7.52. The second-order valence-electron chi connectivity index (χ2n) is 5.54. The molecule has 0 N–H and O–H groups in total. The molecule has 0 unspecified atom stereocenters. The van der Waals surface area contributed by atoms with Crippen LogP contribution in [0.4, 0.5) is 0 Å². The second kappa shape index (κ2) is 5.63. The SMILES string of the molecule is CN(C(=O)Cc1ccc2nonc2c1)C1CCC(=O)CC1. The number of hydrogen-bond donors (Lipinski definition) is 0. The Morgan fingerprint density at radius 2 is 2.00 bits per heavy atom. The maximum absolute atomic E-state index is 12.3. The highest BCUT2D eigenvalue weighted by Crippen LogP contribution is 2.20. The average Bonchev–Trinajstić information content (AvgIpc) is 2.95. The first-order chi connectivity index (χ1) is 10.1. The highest BCUT2D eigenvalue weighted by atomic mass is 16.6. The fourth-order valence-electron chi connectivity index (χ4n) is 2.75. The van der Waals surface area contributed by atoms with Gasteiger partial charge in [0.25, 0.3) is 0 Å². The monoisotopic (exact) mass is 287 g/mol. The Bertz CT molecular complexity index is 670. The summed E-state index contributed by atoms with van der Waals surface area (Å²) in [7, 11) is 1.82. The maximum atomic E-state index is 12.3. The Morgan fingerprint density at radius 3 is 2.76 bits per heavy atom. The van der Waals surface area contributed by atoms with Crippen molar-refractivity contribution in [2.24, 2.45) is 0 Å². The predicted octanol–water partition coefficient (Wildman–Crippen LogP) is 1.74. The van der Waals surface area contributed by atoms with Crippen LogP contribution in [0.25, 0.3) is 11.0 Å². The smallest absolute Gasteiger partial charge is 0.226 e. The molecule has 0 atom stereocenters. The first-order valence-corrected chi connectivity index (χ1v) is 7.12. The molecule has 0 bridgehead atoms. The van der Waals surface area contributed by atoms with Crippen molar-refractivity contribution in [1.29, 1.82) is 0 Å². The largest absolute Gasteiger partial charge is 0.342 e. The van der Waals surface area contributed by atoms with Crippen LogP contribution in [0.3, 0.4) is 0 Å². The second-order valence-corrected chi connectivity index (χ2v) is 5.54. The third kappa shape index (κ3) is 2.94. The molecule has 0 spiro atoms. The van der Waals surface area contributed by atoms with Gasteiger partial charge in [0.2, 0.25) is 5.91 Å². The van der Waals surface area contributed by atoms with Crippen molar-refractivity contribution in [3.05, 3.63) is 23.8 Å². The fraction of sp³-hybridized carbons (Fsp3) is 0.467. The van der Waals surface area contributed by atoms with E-state index in [9.17, 15) is 9.59 Å². The van der Waals surface area contributed by atoms with Gasteiger partial charge in [-0.3, -0.25) is 9.59 Å². The van der Waals surface area contributed by atoms with Crippen LogP contribution in [-0.2, 0) is 16.0 Å². The van der Waals surface area contributed by atoms with Gasteiger partial charge < -0.3 is 4.90 Å². The van der Waals surface area contributed by atoms with Gasteiger partial charge in [-0.05, 0) is 40.9 Å². The molecular weight excluding hydrogens is 270 g/mol. The zero-order valence-corrected chi connectivity index (χ0v) is 11.9. The fourth-order valence-corrected chi connectivity index (χ4v) is 2.75. The Labute approximate surface area is 122 Å². The molecule has 1 heterocycles. The third-order valence-electron chi connectivity index (χ3n) is 4.13. The van der Waals surface area contributed by atoms with Gasteiger partial charge in [-0.2, -0.15) is 0 Å². The van der Waals surface area contributed by atoms with Crippen LogP contribution in [0, 0.1) is 0 Å². The number of ketones is 1. The van der Waals surface area contributed by atoms with E-state index in [0.717, 1.165) is 18.4 Å². The van der Waals surface area contributed by atoms with E-state index in [1.807, 2.05) is 19.2 Å². The lowest BCUT2D eigenvalue weighted by molar-refractivity contribution is -0.133. The van der Waals surface area contributed by atoms with Crippen molar-refractivity contribution in [2.75, 3.05) is 7.05 Å². The number of carbonyl (C=O) groups is 2. The molecule has 1 aromatic carbocycles. The van der Waals surface area contributed by atoms with Crippen molar-refractivity contribution in [3.8, 4) is 0 Å². The van der Waals surface area contributed by atoms with Gasteiger partial charge >= 0.3 is 0 Å². The number of Topliss-reactive ketones (excluding diaryl/α,β-unsaturated/α-hetero) is 1. The lowest BCUT2D eigenvalue weighted by atomic mass is 9.93. The number of rotatable bonds is 3. The third-order valence-corrected chi connectivity index (χ3v) is 4.13. The molecule has 0 aliphatic heterocycles. The molecule has 110 valence electrons. The molecule has 1 aliphatic carbocycles. The minimum absolute atomic E-state index is 0.0603. The Kier molecular flexibility index (Phi) is 3.68. The van der Waals surface area contributed by atoms with Crippen molar-refractivity contribution in [3.63, 3.8) is 0 Å². The van der Waals surface area contributed by atoms with E-state index in [-0.39, 0.29) is 11.9 Å². The summed E-state index contributed by atoms with van der Waals surface area (Å²) in [6.45, 7) is 0. The van der Waals surface area contributed by atoms with E-state index in [1.54, 1.807) is 11.0 Å². The Balaban J connectivity index is 1.66. The zero-order chi connectivity index (χ0) is 14.8. The van der Waals surface area contributed by atoms with Crippen LogP contribution < -0.4 is 0 Å². The molecule has 21 heavy (non-hydrogen) atoms. The summed E-state index contributed by atoms with van der Waals surface area (Å²) < 4.78 is 4.65. The van der Waals surface area contributed by atoms with Crippen molar-refractivity contribution >= 4 is 22.7 Å². The Morgan fingerprint density at radius 1 is 1.29 bits per heavy atom. The van der Waals surface area contributed by atoms with Crippen LogP contribution in [0.15, 0.2) is 22.8 Å². The summed E-state index contributed by atoms with van der Waals surface area (Å²) in [6.07, 6.45) is 3.03. The van der Waals surface area contributed by atoms with E-state index >= 15 is 0 Å². The van der Waals surface area contributed by atoms with Gasteiger partial charge in [-0.15, -0.1) is 0 Å². The quantitative estimate of drug-likeness (QED) is 0.859. The van der Waals surface area contributed by atoms with E-state index in [2.05, 4.69) is 14.9 Å². The summed E-state index contributed by atoms with van der Waals surface area (Å²) >= 11 is 0. The topological polar surface area (TPSA) is 76.3 Å². The van der Waals surface area contributed by atoms with Gasteiger partial charge in [0.15, 0.2) is 0 Å². The van der Waals surface area contributed by atoms with Gasteiger partial charge in [0.1, 0.15) is 16.8 Å².